The van der Waals surface area contributed by atoms with Gasteiger partial charge in [0.2, 0.25) is 11.8 Å². The van der Waals surface area contributed by atoms with Crippen molar-refractivity contribution in [1.82, 2.24) is 10.2 Å². The average Bonchev–Trinajstić information content (AvgIpc) is 2.64. The molecule has 1 heterocycles. The minimum Gasteiger partial charge on any atom is -0.351 e. The molecule has 1 atom stereocenters. The quantitative estimate of drug-likeness (QED) is 0.685. The van der Waals surface area contributed by atoms with Gasteiger partial charge in [0.05, 0.1) is 18.1 Å². The second-order valence-corrected chi connectivity index (χ2v) is 6.71. The normalized spacial score (nSPS) is 21.6. The van der Waals surface area contributed by atoms with Gasteiger partial charge in [-0.15, -0.1) is 11.6 Å². The number of sulfone groups is 1. The number of carbonyl (C=O) groups is 2. The van der Waals surface area contributed by atoms with Crippen LogP contribution in [-0.2, 0) is 19.4 Å². The van der Waals surface area contributed by atoms with Gasteiger partial charge in [-0.1, -0.05) is 0 Å². The predicted molar refractivity (Wildman–Crippen MR) is 68.2 cm³/mol. The van der Waals surface area contributed by atoms with E-state index in [0.717, 1.165) is 0 Å². The van der Waals surface area contributed by atoms with Gasteiger partial charge in [-0.25, -0.2) is 8.42 Å². The molecule has 0 bridgehead atoms. The number of rotatable bonds is 5. The van der Waals surface area contributed by atoms with Crippen LogP contribution in [0.4, 0.5) is 0 Å². The fraction of sp³-hybridized carbons (Fsp3) is 0.800. The predicted octanol–water partition coefficient (Wildman–Crippen LogP) is -0.623. The van der Waals surface area contributed by atoms with E-state index < -0.39 is 9.84 Å². The Kier molecular flexibility index (Phi) is 5.40. The van der Waals surface area contributed by atoms with Crippen molar-refractivity contribution in [1.29, 1.82) is 0 Å². The first kappa shape index (κ1) is 15.2. The molecule has 0 aliphatic carbocycles. The van der Waals surface area contributed by atoms with Crippen LogP contribution in [0.25, 0.3) is 0 Å². The lowest BCUT2D eigenvalue weighted by atomic mass is 10.2. The summed E-state index contributed by atoms with van der Waals surface area (Å²) in [5.74, 6) is -0.741. The molecule has 1 N–H and O–H groups in total. The second kappa shape index (κ2) is 6.38. The van der Waals surface area contributed by atoms with Crippen LogP contribution in [0.5, 0.6) is 0 Å². The lowest BCUT2D eigenvalue weighted by Crippen LogP contribution is -2.44. The lowest BCUT2D eigenvalue weighted by molar-refractivity contribution is -0.134. The minimum absolute atomic E-state index is 0.0195. The number of halogens is 1. The summed E-state index contributed by atoms with van der Waals surface area (Å²) in [7, 11) is -3.01. The van der Waals surface area contributed by atoms with E-state index in [1.54, 1.807) is 6.92 Å². The number of nitrogens with one attached hydrogen (secondary N) is 1. The molecule has 1 fully saturated rings. The molecule has 18 heavy (non-hydrogen) atoms. The van der Waals surface area contributed by atoms with E-state index in [0.29, 0.717) is 13.0 Å². The largest absolute Gasteiger partial charge is 0.351 e. The first-order chi connectivity index (χ1) is 8.38. The maximum absolute atomic E-state index is 11.7. The van der Waals surface area contributed by atoms with Crippen molar-refractivity contribution in [3.63, 3.8) is 0 Å². The smallest absolute Gasteiger partial charge is 0.239 e. The van der Waals surface area contributed by atoms with E-state index in [1.165, 1.54) is 4.90 Å². The van der Waals surface area contributed by atoms with Gasteiger partial charge in [0, 0.05) is 12.6 Å². The van der Waals surface area contributed by atoms with Gasteiger partial charge in [-0.3, -0.25) is 9.59 Å². The Hall–Kier alpha value is -0.820. The Bertz CT molecular complexity index is 424. The summed E-state index contributed by atoms with van der Waals surface area (Å²) in [6.45, 7) is 2.05. The molecule has 0 saturated carbocycles. The molecule has 0 radical (unpaired) electrons. The van der Waals surface area contributed by atoms with E-state index >= 15 is 0 Å². The Morgan fingerprint density at radius 1 is 1.44 bits per heavy atom. The highest BCUT2D eigenvalue weighted by Gasteiger charge is 2.29. The van der Waals surface area contributed by atoms with Crippen molar-refractivity contribution in [2.24, 2.45) is 0 Å². The van der Waals surface area contributed by atoms with Crippen molar-refractivity contribution in [2.75, 3.05) is 30.5 Å². The fourth-order valence-corrected chi connectivity index (χ4v) is 3.66. The zero-order valence-corrected chi connectivity index (χ0v) is 11.8. The molecule has 0 spiro atoms. The van der Waals surface area contributed by atoms with Gasteiger partial charge in [-0.2, -0.15) is 0 Å². The number of likely N-dealkylation sites (N-methyl/N-ethyl adjacent to an activating group) is 1. The van der Waals surface area contributed by atoms with Crippen LogP contribution in [0.1, 0.15) is 13.3 Å². The standard InChI is InChI=1S/C10H17ClN2O4S/c1-2-13(10(15)5-11)6-9(14)12-8-3-4-18(16,17)7-8/h8H,2-7H2,1H3,(H,12,14). The van der Waals surface area contributed by atoms with Crippen molar-refractivity contribution >= 4 is 33.3 Å². The molecular formula is C10H17ClN2O4S. The topological polar surface area (TPSA) is 83.6 Å². The van der Waals surface area contributed by atoms with E-state index in [4.69, 9.17) is 11.6 Å². The van der Waals surface area contributed by atoms with Crippen LogP contribution < -0.4 is 5.32 Å². The van der Waals surface area contributed by atoms with Gasteiger partial charge in [0.25, 0.3) is 0 Å². The number of hydrogen-bond acceptors (Lipinski definition) is 4. The van der Waals surface area contributed by atoms with Crippen LogP contribution in [0.15, 0.2) is 0 Å². The molecule has 6 nitrogen and oxygen atoms in total. The van der Waals surface area contributed by atoms with Gasteiger partial charge < -0.3 is 10.2 Å². The van der Waals surface area contributed by atoms with Crippen molar-refractivity contribution in [2.45, 2.75) is 19.4 Å². The highest BCUT2D eigenvalue weighted by molar-refractivity contribution is 7.91. The van der Waals surface area contributed by atoms with Gasteiger partial charge in [0.15, 0.2) is 9.84 Å². The summed E-state index contributed by atoms with van der Waals surface area (Å²) in [6.07, 6.45) is 0.434. The Labute approximate surface area is 112 Å². The third kappa shape index (κ3) is 4.45. The summed E-state index contributed by atoms with van der Waals surface area (Å²) in [6, 6.07) is -0.340. The third-order valence-electron chi connectivity index (χ3n) is 2.78. The molecule has 104 valence electrons. The SMILES string of the molecule is CCN(CC(=O)NC1CCS(=O)(=O)C1)C(=O)CCl. The summed E-state index contributed by atoms with van der Waals surface area (Å²) in [5, 5.41) is 2.62. The van der Waals surface area contributed by atoms with Gasteiger partial charge >= 0.3 is 0 Å². The maximum atomic E-state index is 11.7. The summed E-state index contributed by atoms with van der Waals surface area (Å²) >= 11 is 5.41. The molecular weight excluding hydrogens is 280 g/mol. The van der Waals surface area contributed by atoms with Gasteiger partial charge in [0.1, 0.15) is 5.88 Å². The first-order valence-electron chi connectivity index (χ1n) is 5.71. The summed E-state index contributed by atoms with van der Waals surface area (Å²) < 4.78 is 22.4. The molecule has 0 aromatic carbocycles. The Balaban J connectivity index is 2.44. The molecule has 1 aliphatic rings. The van der Waals surface area contributed by atoms with E-state index in [-0.39, 0.29) is 41.8 Å². The van der Waals surface area contributed by atoms with Crippen LogP contribution in [0.2, 0.25) is 0 Å². The monoisotopic (exact) mass is 296 g/mol. The van der Waals surface area contributed by atoms with Crippen molar-refractivity contribution in [3.05, 3.63) is 0 Å². The van der Waals surface area contributed by atoms with E-state index in [9.17, 15) is 18.0 Å². The molecule has 1 unspecified atom stereocenters. The highest BCUT2D eigenvalue weighted by atomic mass is 35.5. The molecule has 2 amide bonds. The Morgan fingerprint density at radius 3 is 2.56 bits per heavy atom. The number of amides is 2. The van der Waals surface area contributed by atoms with Crippen LogP contribution in [-0.4, -0.2) is 61.6 Å². The summed E-state index contributed by atoms with van der Waals surface area (Å²) in [5.41, 5.74) is 0. The molecule has 0 aromatic heterocycles. The number of carbonyl (C=O) groups excluding carboxylic acids is 2. The average molecular weight is 297 g/mol. The molecule has 0 aromatic rings. The first-order valence-corrected chi connectivity index (χ1v) is 8.07. The number of nitrogens with zero attached hydrogens (tertiary/aromatic N) is 1. The third-order valence-corrected chi connectivity index (χ3v) is 4.78. The molecule has 8 heteroatoms. The van der Waals surface area contributed by atoms with E-state index in [1.807, 2.05) is 0 Å². The zero-order valence-electron chi connectivity index (χ0n) is 10.2. The summed E-state index contributed by atoms with van der Waals surface area (Å²) in [4.78, 5) is 24.3. The Morgan fingerprint density at radius 2 is 2.11 bits per heavy atom. The van der Waals surface area contributed by atoms with Crippen LogP contribution in [0.3, 0.4) is 0 Å². The maximum Gasteiger partial charge on any atom is 0.239 e. The number of alkyl halides is 1. The minimum atomic E-state index is -3.01. The van der Waals surface area contributed by atoms with Crippen molar-refractivity contribution in [3.8, 4) is 0 Å². The second-order valence-electron chi connectivity index (χ2n) is 4.21. The van der Waals surface area contributed by atoms with Crippen molar-refractivity contribution < 1.29 is 18.0 Å². The fourth-order valence-electron chi connectivity index (χ4n) is 1.82. The number of hydrogen-bond donors (Lipinski definition) is 1. The molecule has 1 rings (SSSR count). The van der Waals surface area contributed by atoms with Crippen LogP contribution in [0, 0.1) is 0 Å². The van der Waals surface area contributed by atoms with E-state index in [2.05, 4.69) is 5.32 Å². The molecule has 1 aliphatic heterocycles. The highest BCUT2D eigenvalue weighted by Crippen LogP contribution is 2.11. The van der Waals surface area contributed by atoms with Gasteiger partial charge in [-0.05, 0) is 13.3 Å². The lowest BCUT2D eigenvalue weighted by Gasteiger charge is -2.20. The zero-order chi connectivity index (χ0) is 13.8. The van der Waals surface area contributed by atoms with Crippen LogP contribution >= 0.6 is 11.6 Å². The molecule has 1 saturated heterocycles.